The van der Waals surface area contributed by atoms with Gasteiger partial charge in [-0.25, -0.2) is 14.4 Å². The van der Waals surface area contributed by atoms with Crippen LogP contribution in [0.1, 0.15) is 5.56 Å². The molecule has 0 radical (unpaired) electrons. The van der Waals surface area contributed by atoms with E-state index in [-0.39, 0.29) is 16.8 Å². The van der Waals surface area contributed by atoms with Crippen molar-refractivity contribution in [3.8, 4) is 11.6 Å². The number of aromatic nitrogens is 2. The molecule has 1 aromatic heterocycles. The van der Waals surface area contributed by atoms with Crippen LogP contribution in [0.4, 0.5) is 4.39 Å². The predicted octanol–water partition coefficient (Wildman–Crippen LogP) is 3.37. The third-order valence-corrected chi connectivity index (χ3v) is 2.18. The third-order valence-electron chi connectivity index (χ3n) is 1.92. The maximum absolute atomic E-state index is 13.4. The summed E-state index contributed by atoms with van der Waals surface area (Å²) in [5.41, 5.74) is 0.886. The van der Waals surface area contributed by atoms with Gasteiger partial charge in [0.1, 0.15) is 0 Å². The summed E-state index contributed by atoms with van der Waals surface area (Å²) in [5.74, 6) is -0.289. The van der Waals surface area contributed by atoms with E-state index < -0.39 is 5.82 Å². The van der Waals surface area contributed by atoms with Gasteiger partial charge < -0.3 is 4.74 Å². The quantitative estimate of drug-likeness (QED) is 0.805. The number of hydrogen-bond donors (Lipinski definition) is 0. The third kappa shape index (κ3) is 2.28. The van der Waals surface area contributed by atoms with Crippen LogP contribution in [0, 0.1) is 12.7 Å². The van der Waals surface area contributed by atoms with Gasteiger partial charge >= 0.3 is 0 Å². The van der Waals surface area contributed by atoms with E-state index in [2.05, 4.69) is 9.97 Å². The Bertz CT molecular complexity index is 519. The van der Waals surface area contributed by atoms with E-state index in [9.17, 15) is 4.39 Å². The zero-order valence-corrected chi connectivity index (χ0v) is 9.20. The molecule has 0 aliphatic rings. The molecule has 0 aliphatic carbocycles. The number of halogens is 2. The maximum atomic E-state index is 13.4. The van der Waals surface area contributed by atoms with Gasteiger partial charge in [-0.3, -0.25) is 0 Å². The van der Waals surface area contributed by atoms with Gasteiger partial charge in [0.15, 0.2) is 16.7 Å². The molecule has 0 saturated heterocycles. The monoisotopic (exact) mass is 238 g/mol. The molecule has 3 nitrogen and oxygen atoms in total. The minimum Gasteiger partial charge on any atom is -0.433 e. The van der Waals surface area contributed by atoms with Gasteiger partial charge in [-0.05, 0) is 24.6 Å². The number of benzene rings is 1. The minimum atomic E-state index is -0.465. The molecule has 0 amide bonds. The molecule has 2 aromatic rings. The zero-order valence-electron chi connectivity index (χ0n) is 8.45. The van der Waals surface area contributed by atoms with Crippen LogP contribution in [-0.2, 0) is 0 Å². The van der Waals surface area contributed by atoms with Crippen LogP contribution in [0.25, 0.3) is 0 Å². The Morgan fingerprint density at radius 2 is 2.00 bits per heavy atom. The van der Waals surface area contributed by atoms with E-state index in [4.69, 9.17) is 16.3 Å². The normalized spacial score (nSPS) is 10.2. The first-order valence-electron chi connectivity index (χ1n) is 4.57. The molecule has 0 spiro atoms. The number of aryl methyl sites for hydroxylation is 1. The first kappa shape index (κ1) is 10.8. The van der Waals surface area contributed by atoms with Crippen molar-refractivity contribution in [3.05, 3.63) is 47.1 Å². The molecule has 2 rings (SSSR count). The highest BCUT2D eigenvalue weighted by Gasteiger charge is 2.09. The van der Waals surface area contributed by atoms with E-state index in [0.29, 0.717) is 0 Å². The molecular formula is C11H8ClFN2O. The largest absolute Gasteiger partial charge is 0.433 e. The summed E-state index contributed by atoms with van der Waals surface area (Å²) in [6.45, 7) is 1.84. The minimum absolute atomic E-state index is 0.0856. The lowest BCUT2D eigenvalue weighted by atomic mass is 10.2. The van der Waals surface area contributed by atoms with Gasteiger partial charge in [-0.15, -0.1) is 0 Å². The van der Waals surface area contributed by atoms with Gasteiger partial charge in [0, 0.05) is 12.4 Å². The molecule has 82 valence electrons. The number of rotatable bonds is 2. The van der Waals surface area contributed by atoms with Crippen molar-refractivity contribution in [3.63, 3.8) is 0 Å². The van der Waals surface area contributed by atoms with Crippen molar-refractivity contribution < 1.29 is 9.13 Å². The second-order valence-corrected chi connectivity index (χ2v) is 3.55. The van der Waals surface area contributed by atoms with Crippen molar-refractivity contribution in [2.45, 2.75) is 6.92 Å². The van der Waals surface area contributed by atoms with Crippen LogP contribution in [-0.4, -0.2) is 9.97 Å². The summed E-state index contributed by atoms with van der Waals surface area (Å²) in [5, 5.41) is 0.100. The summed E-state index contributed by atoms with van der Waals surface area (Å²) in [6, 6.07) is 4.55. The number of ether oxygens (including phenoxy) is 1. The smallest absolute Gasteiger partial charge is 0.257 e. The van der Waals surface area contributed by atoms with Crippen LogP contribution >= 0.6 is 11.6 Å². The molecular weight excluding hydrogens is 231 g/mol. The van der Waals surface area contributed by atoms with Crippen LogP contribution in [0.2, 0.25) is 5.15 Å². The van der Waals surface area contributed by atoms with Crippen LogP contribution in [0.15, 0.2) is 30.6 Å². The molecule has 0 unspecified atom stereocenters. The molecule has 0 atom stereocenters. The fourth-order valence-electron chi connectivity index (χ4n) is 1.17. The summed E-state index contributed by atoms with van der Waals surface area (Å²) in [6.07, 6.45) is 2.86. The second kappa shape index (κ2) is 4.45. The lowest BCUT2D eigenvalue weighted by molar-refractivity contribution is 0.425. The summed E-state index contributed by atoms with van der Waals surface area (Å²) in [4.78, 5) is 7.64. The molecule has 1 aromatic carbocycles. The average Bonchev–Trinajstić information content (AvgIpc) is 2.27. The van der Waals surface area contributed by atoms with Crippen molar-refractivity contribution in [2.75, 3.05) is 0 Å². The van der Waals surface area contributed by atoms with Crippen molar-refractivity contribution in [1.82, 2.24) is 9.97 Å². The summed E-state index contributed by atoms with van der Waals surface area (Å²) in [7, 11) is 0. The fraction of sp³-hybridized carbons (Fsp3) is 0.0909. The lowest BCUT2D eigenvalue weighted by Gasteiger charge is -2.06. The Hall–Kier alpha value is -1.68. The first-order chi connectivity index (χ1) is 7.66. The maximum Gasteiger partial charge on any atom is 0.257 e. The highest BCUT2D eigenvalue weighted by molar-refractivity contribution is 6.30. The molecule has 0 saturated carbocycles. The highest BCUT2D eigenvalue weighted by atomic mass is 35.5. The Kier molecular flexibility index (Phi) is 3.01. The zero-order chi connectivity index (χ0) is 11.5. The Morgan fingerprint density at radius 1 is 1.25 bits per heavy atom. The topological polar surface area (TPSA) is 35.0 Å². The number of hydrogen-bond acceptors (Lipinski definition) is 3. The van der Waals surface area contributed by atoms with E-state index in [1.165, 1.54) is 18.5 Å². The lowest BCUT2D eigenvalue weighted by Crippen LogP contribution is -1.93. The van der Waals surface area contributed by atoms with Gasteiger partial charge in [0.2, 0.25) is 0 Å². The molecule has 16 heavy (non-hydrogen) atoms. The van der Waals surface area contributed by atoms with E-state index in [0.717, 1.165) is 5.56 Å². The van der Waals surface area contributed by atoms with Crippen molar-refractivity contribution >= 4 is 11.6 Å². The summed E-state index contributed by atoms with van der Waals surface area (Å²) >= 11 is 5.75. The molecule has 1 heterocycles. The SMILES string of the molecule is Cc1ccc(F)c(Oc2nccnc2Cl)c1. The van der Waals surface area contributed by atoms with Gasteiger partial charge in [0.05, 0.1) is 0 Å². The van der Waals surface area contributed by atoms with Crippen molar-refractivity contribution in [1.29, 1.82) is 0 Å². The fourth-order valence-corrected chi connectivity index (χ4v) is 1.31. The van der Waals surface area contributed by atoms with Crippen LogP contribution in [0.3, 0.4) is 0 Å². The van der Waals surface area contributed by atoms with Gasteiger partial charge in [0.25, 0.3) is 5.88 Å². The Morgan fingerprint density at radius 3 is 2.75 bits per heavy atom. The predicted molar refractivity (Wildman–Crippen MR) is 58.3 cm³/mol. The molecule has 5 heteroatoms. The highest BCUT2D eigenvalue weighted by Crippen LogP contribution is 2.27. The standard InChI is InChI=1S/C11H8ClFN2O/c1-7-2-3-8(13)9(6-7)16-11-10(12)14-4-5-15-11/h2-6H,1H3. The second-order valence-electron chi connectivity index (χ2n) is 3.19. The van der Waals surface area contributed by atoms with Crippen LogP contribution < -0.4 is 4.74 Å². The van der Waals surface area contributed by atoms with E-state index in [1.54, 1.807) is 12.1 Å². The molecule has 0 N–H and O–H groups in total. The van der Waals surface area contributed by atoms with E-state index in [1.807, 2.05) is 6.92 Å². The Balaban J connectivity index is 2.34. The molecule has 0 aliphatic heterocycles. The first-order valence-corrected chi connectivity index (χ1v) is 4.95. The van der Waals surface area contributed by atoms with Gasteiger partial charge in [-0.2, -0.15) is 0 Å². The van der Waals surface area contributed by atoms with Gasteiger partial charge in [-0.1, -0.05) is 17.7 Å². The average molecular weight is 239 g/mol. The Labute approximate surface area is 96.9 Å². The molecule has 0 bridgehead atoms. The van der Waals surface area contributed by atoms with E-state index >= 15 is 0 Å². The van der Waals surface area contributed by atoms with Crippen LogP contribution in [0.5, 0.6) is 11.6 Å². The number of nitrogens with zero attached hydrogens (tertiary/aromatic N) is 2. The van der Waals surface area contributed by atoms with Crippen molar-refractivity contribution in [2.24, 2.45) is 0 Å². The molecule has 0 fully saturated rings. The summed E-state index contributed by atoms with van der Waals surface area (Å²) < 4.78 is 18.6.